The second-order valence-electron chi connectivity index (χ2n) is 4.03. The molecule has 2 rings (SSSR count). The zero-order valence-corrected chi connectivity index (χ0v) is 9.61. The molecule has 1 aromatic heterocycles. The molecule has 16 heavy (non-hydrogen) atoms. The Balaban J connectivity index is 2.37. The van der Waals surface area contributed by atoms with E-state index in [2.05, 4.69) is 9.97 Å². The lowest BCUT2D eigenvalue weighted by atomic mass is 9.99. The fraction of sp³-hybridized carbons (Fsp3) is 0.500. The first-order chi connectivity index (χ1) is 7.54. The van der Waals surface area contributed by atoms with Gasteiger partial charge < -0.3 is 10.0 Å². The number of nitrogens with zero attached hydrogens (tertiary/aromatic N) is 3. The molecule has 0 spiro atoms. The molecule has 1 N–H and O–H groups in total. The Morgan fingerprint density at radius 2 is 2.38 bits per heavy atom. The topological polar surface area (TPSA) is 66.3 Å². The van der Waals surface area contributed by atoms with Crippen LogP contribution in [0.15, 0.2) is 12.4 Å². The first-order valence-electron chi connectivity index (χ1n) is 5.02. The maximum atomic E-state index is 11.3. The summed E-state index contributed by atoms with van der Waals surface area (Å²) in [6.07, 6.45) is 4.41. The molecule has 1 aliphatic rings. The summed E-state index contributed by atoms with van der Waals surface area (Å²) in [7, 11) is 0. The SMILES string of the molecule is CC1(C(=O)O)CCCN1c1cncc(Cl)n1. The molecule has 1 fully saturated rings. The third-order valence-corrected chi connectivity index (χ3v) is 3.15. The largest absolute Gasteiger partial charge is 0.480 e. The highest BCUT2D eigenvalue weighted by Gasteiger charge is 2.44. The molecule has 1 atom stereocenters. The third kappa shape index (κ3) is 1.71. The molecule has 0 aliphatic carbocycles. The Morgan fingerprint density at radius 1 is 1.62 bits per heavy atom. The van der Waals surface area contributed by atoms with Gasteiger partial charge in [0.15, 0.2) is 0 Å². The normalized spacial score (nSPS) is 24.8. The van der Waals surface area contributed by atoms with Crippen LogP contribution in [0, 0.1) is 0 Å². The van der Waals surface area contributed by atoms with Crippen molar-refractivity contribution in [2.45, 2.75) is 25.3 Å². The quantitative estimate of drug-likeness (QED) is 0.852. The van der Waals surface area contributed by atoms with E-state index in [1.54, 1.807) is 18.0 Å². The summed E-state index contributed by atoms with van der Waals surface area (Å²) in [4.78, 5) is 21.0. The number of carboxylic acids is 1. The molecule has 0 aromatic carbocycles. The van der Waals surface area contributed by atoms with Gasteiger partial charge in [-0.1, -0.05) is 11.6 Å². The molecule has 6 heteroatoms. The Hall–Kier alpha value is -1.36. The predicted molar refractivity (Wildman–Crippen MR) is 59.7 cm³/mol. The molecule has 1 aliphatic heterocycles. The molecule has 1 saturated heterocycles. The lowest BCUT2D eigenvalue weighted by molar-refractivity contribution is -0.142. The van der Waals surface area contributed by atoms with Gasteiger partial charge in [-0.15, -0.1) is 0 Å². The lowest BCUT2D eigenvalue weighted by Crippen LogP contribution is -2.48. The van der Waals surface area contributed by atoms with Crippen LogP contribution in [0.1, 0.15) is 19.8 Å². The van der Waals surface area contributed by atoms with E-state index < -0.39 is 11.5 Å². The summed E-state index contributed by atoms with van der Waals surface area (Å²) in [6, 6.07) is 0. The van der Waals surface area contributed by atoms with Crippen LogP contribution in [-0.4, -0.2) is 33.1 Å². The molecule has 1 unspecified atom stereocenters. The maximum absolute atomic E-state index is 11.3. The van der Waals surface area contributed by atoms with E-state index in [1.807, 2.05) is 0 Å². The third-order valence-electron chi connectivity index (χ3n) is 2.97. The second-order valence-corrected chi connectivity index (χ2v) is 4.42. The van der Waals surface area contributed by atoms with Gasteiger partial charge in [0.1, 0.15) is 16.5 Å². The first-order valence-corrected chi connectivity index (χ1v) is 5.40. The zero-order chi connectivity index (χ0) is 11.8. The highest BCUT2D eigenvalue weighted by Crippen LogP contribution is 2.33. The Kier molecular flexibility index (Phi) is 2.71. The number of hydrogen-bond acceptors (Lipinski definition) is 4. The summed E-state index contributed by atoms with van der Waals surface area (Å²) >= 11 is 5.75. The van der Waals surface area contributed by atoms with Crippen molar-refractivity contribution in [1.82, 2.24) is 9.97 Å². The summed E-state index contributed by atoms with van der Waals surface area (Å²) in [6.45, 7) is 2.36. The van der Waals surface area contributed by atoms with E-state index in [9.17, 15) is 9.90 Å². The number of aliphatic carboxylic acids is 1. The molecule has 5 nitrogen and oxygen atoms in total. The fourth-order valence-electron chi connectivity index (χ4n) is 2.02. The van der Waals surface area contributed by atoms with E-state index in [-0.39, 0.29) is 5.15 Å². The van der Waals surface area contributed by atoms with Crippen LogP contribution in [0.3, 0.4) is 0 Å². The predicted octanol–water partition coefficient (Wildman–Crippen LogP) is 1.57. The monoisotopic (exact) mass is 241 g/mol. The van der Waals surface area contributed by atoms with Crippen molar-refractivity contribution >= 4 is 23.4 Å². The lowest BCUT2D eigenvalue weighted by Gasteiger charge is -2.31. The van der Waals surface area contributed by atoms with E-state index in [1.165, 1.54) is 6.20 Å². The Morgan fingerprint density at radius 3 is 3.00 bits per heavy atom. The minimum absolute atomic E-state index is 0.275. The highest BCUT2D eigenvalue weighted by atomic mass is 35.5. The average Bonchev–Trinajstić information content (AvgIpc) is 2.62. The molecule has 0 bridgehead atoms. The van der Waals surface area contributed by atoms with Crippen LogP contribution in [0.2, 0.25) is 5.15 Å². The number of aromatic nitrogens is 2. The molecule has 0 radical (unpaired) electrons. The van der Waals surface area contributed by atoms with Crippen LogP contribution in [0.4, 0.5) is 5.82 Å². The van der Waals surface area contributed by atoms with Gasteiger partial charge in [0.2, 0.25) is 0 Å². The second kappa shape index (κ2) is 3.90. The van der Waals surface area contributed by atoms with Crippen molar-refractivity contribution in [2.75, 3.05) is 11.4 Å². The van der Waals surface area contributed by atoms with Gasteiger partial charge in [-0.3, -0.25) is 4.98 Å². The summed E-state index contributed by atoms with van der Waals surface area (Å²) in [5.74, 6) is -0.318. The van der Waals surface area contributed by atoms with Gasteiger partial charge >= 0.3 is 5.97 Å². The van der Waals surface area contributed by atoms with Crippen molar-refractivity contribution in [2.24, 2.45) is 0 Å². The number of halogens is 1. The molecule has 86 valence electrons. The van der Waals surface area contributed by atoms with Crippen molar-refractivity contribution in [1.29, 1.82) is 0 Å². The maximum Gasteiger partial charge on any atom is 0.329 e. The fourth-order valence-corrected chi connectivity index (χ4v) is 2.16. The summed E-state index contributed by atoms with van der Waals surface area (Å²) < 4.78 is 0. The highest BCUT2D eigenvalue weighted by molar-refractivity contribution is 6.29. The number of anilines is 1. The smallest absolute Gasteiger partial charge is 0.329 e. The number of carbonyl (C=O) groups is 1. The van der Waals surface area contributed by atoms with Crippen LogP contribution < -0.4 is 4.90 Å². The van der Waals surface area contributed by atoms with E-state index >= 15 is 0 Å². The molecular weight excluding hydrogens is 230 g/mol. The zero-order valence-electron chi connectivity index (χ0n) is 8.85. The number of hydrogen-bond donors (Lipinski definition) is 1. The minimum atomic E-state index is -0.903. The minimum Gasteiger partial charge on any atom is -0.480 e. The standard InChI is InChI=1S/C10H12ClN3O2/c1-10(9(15)16)3-2-4-14(10)8-6-12-5-7(11)13-8/h5-6H,2-4H2,1H3,(H,15,16). The van der Waals surface area contributed by atoms with Crippen molar-refractivity contribution in [3.05, 3.63) is 17.5 Å². The van der Waals surface area contributed by atoms with Gasteiger partial charge in [-0.2, -0.15) is 0 Å². The van der Waals surface area contributed by atoms with E-state index in [4.69, 9.17) is 11.6 Å². The Bertz CT molecular complexity index is 426. The van der Waals surface area contributed by atoms with Crippen molar-refractivity contribution in [3.63, 3.8) is 0 Å². The summed E-state index contributed by atoms with van der Waals surface area (Å²) in [5, 5.41) is 9.53. The molecule has 2 heterocycles. The first kappa shape index (κ1) is 11.1. The molecule has 1 aromatic rings. The Labute approximate surface area is 98.1 Å². The van der Waals surface area contributed by atoms with E-state index in [0.29, 0.717) is 18.8 Å². The van der Waals surface area contributed by atoms with Crippen LogP contribution in [0.5, 0.6) is 0 Å². The number of rotatable bonds is 2. The van der Waals surface area contributed by atoms with Gasteiger partial charge in [0, 0.05) is 6.54 Å². The van der Waals surface area contributed by atoms with E-state index in [0.717, 1.165) is 6.42 Å². The molecule has 0 amide bonds. The van der Waals surface area contributed by atoms with Crippen molar-refractivity contribution in [3.8, 4) is 0 Å². The molecule has 0 saturated carbocycles. The van der Waals surface area contributed by atoms with Crippen molar-refractivity contribution < 1.29 is 9.90 Å². The van der Waals surface area contributed by atoms with Gasteiger partial charge in [0.25, 0.3) is 0 Å². The molecular formula is C10H12ClN3O2. The van der Waals surface area contributed by atoms with Crippen LogP contribution in [-0.2, 0) is 4.79 Å². The van der Waals surface area contributed by atoms with Gasteiger partial charge in [-0.05, 0) is 19.8 Å². The van der Waals surface area contributed by atoms with Crippen LogP contribution in [0.25, 0.3) is 0 Å². The van der Waals surface area contributed by atoms with Crippen LogP contribution >= 0.6 is 11.6 Å². The van der Waals surface area contributed by atoms with Gasteiger partial charge in [0.05, 0.1) is 12.4 Å². The van der Waals surface area contributed by atoms with Gasteiger partial charge in [-0.25, -0.2) is 9.78 Å². The summed E-state index contributed by atoms with van der Waals surface area (Å²) in [5.41, 5.74) is -0.903. The number of carboxylic acid groups (broad SMARTS) is 1. The average molecular weight is 242 g/mol.